The maximum absolute atomic E-state index is 11.0. The molecule has 0 aliphatic carbocycles. The van der Waals surface area contributed by atoms with Crippen molar-refractivity contribution in [1.82, 2.24) is 9.88 Å². The smallest absolute Gasteiger partial charge is 0.372 e. The predicted molar refractivity (Wildman–Crippen MR) is 81.9 cm³/mol. The van der Waals surface area contributed by atoms with Gasteiger partial charge in [-0.1, -0.05) is 0 Å². The third-order valence-electron chi connectivity index (χ3n) is 3.55. The summed E-state index contributed by atoms with van der Waals surface area (Å²) in [5, 5.41) is 10.1. The molecule has 21 heavy (non-hydrogen) atoms. The third kappa shape index (κ3) is 3.33. The molecule has 0 amide bonds. The van der Waals surface area contributed by atoms with Crippen LogP contribution in [0.1, 0.15) is 50.4 Å². The van der Waals surface area contributed by atoms with E-state index >= 15 is 0 Å². The largest absolute Gasteiger partial charge is 0.475 e. The highest BCUT2D eigenvalue weighted by Gasteiger charge is 2.20. The molecule has 1 N–H and O–H groups in total. The second-order valence-corrected chi connectivity index (χ2v) is 6.54. The molecule has 0 aromatic carbocycles. The van der Waals surface area contributed by atoms with E-state index in [1.165, 1.54) is 4.88 Å². The fraction of sp³-hybridized carbons (Fsp3) is 0.467. The van der Waals surface area contributed by atoms with Crippen molar-refractivity contribution in [1.29, 1.82) is 0 Å². The first-order valence-electron chi connectivity index (χ1n) is 6.76. The summed E-state index contributed by atoms with van der Waals surface area (Å²) in [4.78, 5) is 18.8. The molecule has 6 heteroatoms. The molecule has 0 fully saturated rings. The van der Waals surface area contributed by atoms with Gasteiger partial charge in [-0.15, -0.1) is 11.3 Å². The molecule has 2 heterocycles. The molecule has 0 saturated heterocycles. The SMILES string of the molecule is Cc1nc(C)c(C(C)N(C)Cc2cc(C)c(C(=O)O)o2)s1. The minimum atomic E-state index is -1.02. The molecule has 5 nitrogen and oxygen atoms in total. The van der Waals surface area contributed by atoms with Crippen molar-refractivity contribution < 1.29 is 14.3 Å². The molecular weight excluding hydrogens is 288 g/mol. The second-order valence-electron chi connectivity index (χ2n) is 5.30. The Kier molecular flexibility index (Phi) is 4.49. The molecule has 0 aliphatic heterocycles. The number of nitrogens with zero attached hydrogens (tertiary/aromatic N) is 2. The Hall–Kier alpha value is -1.66. The van der Waals surface area contributed by atoms with E-state index in [1.54, 1.807) is 24.3 Å². The summed E-state index contributed by atoms with van der Waals surface area (Å²) in [5.74, 6) is -0.336. The lowest BCUT2D eigenvalue weighted by atomic mass is 10.2. The van der Waals surface area contributed by atoms with Crippen molar-refractivity contribution in [3.05, 3.63) is 38.7 Å². The zero-order chi connectivity index (χ0) is 15.7. The highest BCUT2D eigenvalue weighted by Crippen LogP contribution is 2.29. The van der Waals surface area contributed by atoms with Crippen LogP contribution in [-0.2, 0) is 6.54 Å². The molecule has 0 aliphatic rings. The van der Waals surface area contributed by atoms with Crippen LogP contribution in [-0.4, -0.2) is 28.0 Å². The third-order valence-corrected chi connectivity index (χ3v) is 4.79. The Morgan fingerprint density at radius 1 is 1.48 bits per heavy atom. The maximum atomic E-state index is 11.0. The first-order chi connectivity index (χ1) is 9.79. The topological polar surface area (TPSA) is 66.6 Å². The van der Waals surface area contributed by atoms with Crippen molar-refractivity contribution in [2.24, 2.45) is 0 Å². The Balaban J connectivity index is 2.14. The minimum absolute atomic E-state index is 0.0240. The van der Waals surface area contributed by atoms with E-state index < -0.39 is 5.97 Å². The lowest BCUT2D eigenvalue weighted by molar-refractivity contribution is 0.0657. The standard InChI is InChI=1S/C15H20N2O3S/c1-8-6-12(20-13(8)15(18)19)7-17(5)10(3)14-9(2)16-11(4)21-14/h6,10H,7H2,1-5H3,(H,18,19). The summed E-state index contributed by atoms with van der Waals surface area (Å²) >= 11 is 1.70. The normalized spacial score (nSPS) is 12.9. The van der Waals surface area contributed by atoms with Crippen LogP contribution < -0.4 is 0 Å². The summed E-state index contributed by atoms with van der Waals surface area (Å²) in [6.07, 6.45) is 0. The summed E-state index contributed by atoms with van der Waals surface area (Å²) < 4.78 is 5.41. The van der Waals surface area contributed by atoms with Gasteiger partial charge in [-0.2, -0.15) is 0 Å². The summed E-state index contributed by atoms with van der Waals surface area (Å²) in [7, 11) is 2.00. The van der Waals surface area contributed by atoms with E-state index in [0.29, 0.717) is 17.9 Å². The Labute approximate surface area is 128 Å². The highest BCUT2D eigenvalue weighted by atomic mass is 32.1. The molecule has 114 valence electrons. The number of carboxylic acids is 1. The molecule has 0 saturated carbocycles. The molecule has 1 atom stereocenters. The van der Waals surface area contributed by atoms with Crippen molar-refractivity contribution in [3.63, 3.8) is 0 Å². The minimum Gasteiger partial charge on any atom is -0.475 e. The van der Waals surface area contributed by atoms with E-state index in [1.807, 2.05) is 20.9 Å². The first kappa shape index (κ1) is 15.7. The first-order valence-corrected chi connectivity index (χ1v) is 7.58. The van der Waals surface area contributed by atoms with Crippen LogP contribution >= 0.6 is 11.3 Å². The molecule has 0 bridgehead atoms. The molecule has 2 aromatic heterocycles. The van der Waals surface area contributed by atoms with Crippen molar-refractivity contribution in [3.8, 4) is 0 Å². The van der Waals surface area contributed by atoms with Crippen molar-refractivity contribution >= 4 is 17.3 Å². The van der Waals surface area contributed by atoms with Crippen LogP contribution in [0.15, 0.2) is 10.5 Å². The lowest BCUT2D eigenvalue weighted by Gasteiger charge is -2.23. The second kappa shape index (κ2) is 5.99. The van der Waals surface area contributed by atoms with Crippen LogP contribution in [0.2, 0.25) is 0 Å². The Bertz CT molecular complexity index is 660. The lowest BCUT2D eigenvalue weighted by Crippen LogP contribution is -2.21. The summed E-state index contributed by atoms with van der Waals surface area (Å²) in [5.41, 5.74) is 1.71. The van der Waals surface area contributed by atoms with Gasteiger partial charge in [-0.05, 0) is 40.8 Å². The van der Waals surface area contributed by atoms with Gasteiger partial charge in [-0.3, -0.25) is 4.90 Å². The Morgan fingerprint density at radius 2 is 2.14 bits per heavy atom. The van der Waals surface area contributed by atoms with Gasteiger partial charge in [0.25, 0.3) is 0 Å². The van der Waals surface area contributed by atoms with Crippen LogP contribution in [0.25, 0.3) is 0 Å². The van der Waals surface area contributed by atoms with Gasteiger partial charge >= 0.3 is 5.97 Å². The van der Waals surface area contributed by atoms with Gasteiger partial charge in [0.05, 0.1) is 17.2 Å². The molecular formula is C15H20N2O3S. The van der Waals surface area contributed by atoms with Crippen molar-refractivity contribution in [2.75, 3.05) is 7.05 Å². The van der Waals surface area contributed by atoms with Crippen LogP contribution in [0.4, 0.5) is 0 Å². The summed E-state index contributed by atoms with van der Waals surface area (Å²) in [6.45, 7) is 8.45. The van der Waals surface area contributed by atoms with E-state index in [0.717, 1.165) is 10.7 Å². The van der Waals surface area contributed by atoms with E-state index in [2.05, 4.69) is 16.8 Å². The zero-order valence-electron chi connectivity index (χ0n) is 12.9. The molecule has 0 spiro atoms. The maximum Gasteiger partial charge on any atom is 0.372 e. The number of hydrogen-bond acceptors (Lipinski definition) is 5. The molecule has 2 aromatic rings. The number of aromatic carboxylic acids is 1. The van der Waals surface area contributed by atoms with E-state index in [9.17, 15) is 4.79 Å². The van der Waals surface area contributed by atoms with Gasteiger partial charge in [0.1, 0.15) is 5.76 Å². The molecule has 1 unspecified atom stereocenters. The van der Waals surface area contributed by atoms with Crippen LogP contribution in [0.5, 0.6) is 0 Å². The van der Waals surface area contributed by atoms with E-state index in [4.69, 9.17) is 9.52 Å². The summed E-state index contributed by atoms with van der Waals surface area (Å²) in [6, 6.07) is 1.99. The van der Waals surface area contributed by atoms with Gasteiger partial charge in [0.2, 0.25) is 5.76 Å². The Morgan fingerprint density at radius 3 is 2.62 bits per heavy atom. The van der Waals surface area contributed by atoms with Crippen LogP contribution in [0, 0.1) is 20.8 Å². The van der Waals surface area contributed by atoms with Crippen molar-refractivity contribution in [2.45, 2.75) is 40.3 Å². The van der Waals surface area contributed by atoms with Gasteiger partial charge in [0.15, 0.2) is 0 Å². The quantitative estimate of drug-likeness (QED) is 0.915. The number of thiazole rings is 1. The van der Waals surface area contributed by atoms with Gasteiger partial charge in [0, 0.05) is 16.5 Å². The fourth-order valence-corrected chi connectivity index (χ4v) is 3.40. The van der Waals surface area contributed by atoms with Crippen LogP contribution in [0.3, 0.4) is 0 Å². The average molecular weight is 308 g/mol. The number of hydrogen-bond donors (Lipinski definition) is 1. The molecule has 2 rings (SSSR count). The number of rotatable bonds is 5. The monoisotopic (exact) mass is 308 g/mol. The predicted octanol–water partition coefficient (Wildman–Crippen LogP) is 3.55. The number of carbonyl (C=O) groups is 1. The fourth-order valence-electron chi connectivity index (χ4n) is 2.36. The zero-order valence-corrected chi connectivity index (χ0v) is 13.7. The van der Waals surface area contributed by atoms with Gasteiger partial charge in [-0.25, -0.2) is 9.78 Å². The van der Waals surface area contributed by atoms with Gasteiger partial charge < -0.3 is 9.52 Å². The number of aryl methyl sites for hydroxylation is 3. The molecule has 0 radical (unpaired) electrons. The number of aromatic nitrogens is 1. The number of furan rings is 1. The average Bonchev–Trinajstić information content (AvgIpc) is 2.91. The highest BCUT2D eigenvalue weighted by molar-refractivity contribution is 7.11. The van der Waals surface area contributed by atoms with E-state index in [-0.39, 0.29) is 11.8 Å². The number of carboxylic acid groups (broad SMARTS) is 1.